The number of nitrogens with one attached hydrogen (secondary N) is 1. The largest absolute Gasteiger partial charge is 0.416 e. The summed E-state index contributed by atoms with van der Waals surface area (Å²) < 4.78 is 93.6. The van der Waals surface area contributed by atoms with Gasteiger partial charge in [0.1, 0.15) is 5.82 Å². The van der Waals surface area contributed by atoms with Crippen LogP contribution in [0.3, 0.4) is 0 Å². The first-order valence-corrected chi connectivity index (χ1v) is 9.55. The van der Waals surface area contributed by atoms with Crippen LogP contribution < -0.4 is 10.6 Å². The number of benzene rings is 2. The highest BCUT2D eigenvalue weighted by atomic mass is 19.4. The third-order valence-electron chi connectivity index (χ3n) is 4.44. The summed E-state index contributed by atoms with van der Waals surface area (Å²) in [5.41, 5.74) is 0.359. The first-order valence-electron chi connectivity index (χ1n) is 9.55. The SMILES string of the molecule is CC.CN(C(=O)Cc1c(/C(C=N)=C/N)cc(C(F)(F)F)cc1C(F)(F)F)c1ccc(F)cc1. The fourth-order valence-electron chi connectivity index (χ4n) is 2.83. The van der Waals surface area contributed by atoms with E-state index >= 15 is 0 Å². The molecular formula is C22H22F7N3O. The van der Waals surface area contributed by atoms with E-state index in [-0.39, 0.29) is 11.8 Å². The van der Waals surface area contributed by atoms with Gasteiger partial charge in [0.2, 0.25) is 5.91 Å². The summed E-state index contributed by atoms with van der Waals surface area (Å²) in [7, 11) is 1.23. The Balaban J connectivity index is 0.00000265. The maximum atomic E-state index is 13.6. The van der Waals surface area contributed by atoms with Crippen molar-refractivity contribution in [3.05, 3.63) is 70.7 Å². The minimum absolute atomic E-state index is 0.0813. The van der Waals surface area contributed by atoms with E-state index in [0.717, 1.165) is 17.0 Å². The summed E-state index contributed by atoms with van der Waals surface area (Å²) in [5.74, 6) is -1.50. The van der Waals surface area contributed by atoms with Crippen LogP contribution in [0.1, 0.15) is 36.1 Å². The van der Waals surface area contributed by atoms with Gasteiger partial charge in [-0.15, -0.1) is 0 Å². The van der Waals surface area contributed by atoms with Gasteiger partial charge in [-0.25, -0.2) is 4.39 Å². The first-order chi connectivity index (χ1) is 15.3. The number of carbonyl (C=O) groups is 1. The maximum Gasteiger partial charge on any atom is 0.416 e. The third-order valence-corrected chi connectivity index (χ3v) is 4.44. The van der Waals surface area contributed by atoms with Gasteiger partial charge in [-0.1, -0.05) is 13.8 Å². The molecule has 1 amide bonds. The zero-order chi connectivity index (χ0) is 25.6. The van der Waals surface area contributed by atoms with E-state index in [1.54, 1.807) is 0 Å². The number of nitrogens with two attached hydrogens (primary N) is 1. The average Bonchev–Trinajstić information content (AvgIpc) is 2.75. The molecular weight excluding hydrogens is 455 g/mol. The molecule has 0 spiro atoms. The number of rotatable bonds is 5. The van der Waals surface area contributed by atoms with E-state index in [1.807, 2.05) is 13.8 Å². The van der Waals surface area contributed by atoms with Crippen molar-refractivity contribution in [2.75, 3.05) is 11.9 Å². The summed E-state index contributed by atoms with van der Waals surface area (Å²) in [6, 6.07) is 4.84. The van der Waals surface area contributed by atoms with Gasteiger partial charge in [-0.3, -0.25) is 4.79 Å². The molecule has 0 bridgehead atoms. The van der Waals surface area contributed by atoms with Gasteiger partial charge in [0.05, 0.1) is 17.5 Å². The summed E-state index contributed by atoms with van der Waals surface area (Å²) in [4.78, 5) is 13.6. The molecule has 0 radical (unpaired) electrons. The van der Waals surface area contributed by atoms with Crippen molar-refractivity contribution in [3.63, 3.8) is 0 Å². The Bertz CT molecular complexity index is 1010. The highest BCUT2D eigenvalue weighted by Crippen LogP contribution is 2.40. The minimum Gasteiger partial charge on any atom is -0.404 e. The predicted molar refractivity (Wildman–Crippen MR) is 112 cm³/mol. The molecule has 2 aromatic rings. The molecule has 0 unspecified atom stereocenters. The zero-order valence-corrected chi connectivity index (χ0v) is 17.9. The number of amides is 1. The molecule has 0 atom stereocenters. The Hall–Kier alpha value is -3.37. The Morgan fingerprint density at radius 2 is 1.58 bits per heavy atom. The third kappa shape index (κ3) is 6.80. The highest BCUT2D eigenvalue weighted by Gasteiger charge is 2.40. The Labute approximate surface area is 186 Å². The fraction of sp³-hybridized carbons (Fsp3) is 0.273. The van der Waals surface area contributed by atoms with Crippen molar-refractivity contribution >= 4 is 23.4 Å². The second-order valence-corrected chi connectivity index (χ2v) is 6.42. The molecule has 2 aromatic carbocycles. The lowest BCUT2D eigenvalue weighted by Gasteiger charge is -2.23. The molecule has 180 valence electrons. The number of likely N-dealkylation sites (N-methyl/N-ethyl adjacent to an activating group) is 1. The van der Waals surface area contributed by atoms with E-state index in [2.05, 4.69) is 0 Å². The van der Waals surface area contributed by atoms with Crippen LogP contribution in [0.2, 0.25) is 0 Å². The Kier molecular flexibility index (Phi) is 9.20. The van der Waals surface area contributed by atoms with Crippen molar-refractivity contribution in [1.29, 1.82) is 5.41 Å². The van der Waals surface area contributed by atoms with Gasteiger partial charge in [0, 0.05) is 30.7 Å². The summed E-state index contributed by atoms with van der Waals surface area (Å²) in [6.07, 6.45) is -10.1. The molecule has 2 rings (SSSR count). The summed E-state index contributed by atoms with van der Waals surface area (Å²) in [5, 5.41) is 7.30. The molecule has 3 N–H and O–H groups in total. The zero-order valence-electron chi connectivity index (χ0n) is 17.9. The van der Waals surface area contributed by atoms with Crippen LogP contribution in [0.4, 0.5) is 36.4 Å². The molecule has 33 heavy (non-hydrogen) atoms. The second kappa shape index (κ2) is 11.0. The second-order valence-electron chi connectivity index (χ2n) is 6.42. The van der Waals surface area contributed by atoms with Gasteiger partial charge >= 0.3 is 12.4 Å². The Morgan fingerprint density at radius 3 is 2.00 bits per heavy atom. The van der Waals surface area contributed by atoms with E-state index in [4.69, 9.17) is 11.1 Å². The van der Waals surface area contributed by atoms with Gasteiger partial charge < -0.3 is 16.0 Å². The monoisotopic (exact) mass is 477 g/mol. The molecule has 0 aliphatic rings. The quantitative estimate of drug-likeness (QED) is 0.407. The first kappa shape index (κ1) is 27.7. The molecule has 0 saturated carbocycles. The van der Waals surface area contributed by atoms with Crippen LogP contribution in [0.5, 0.6) is 0 Å². The molecule has 0 aliphatic heterocycles. The van der Waals surface area contributed by atoms with Crippen molar-refractivity contribution < 1.29 is 35.5 Å². The number of anilines is 1. The van der Waals surface area contributed by atoms with Crippen molar-refractivity contribution in [3.8, 4) is 0 Å². The average molecular weight is 477 g/mol. The molecule has 0 fully saturated rings. The predicted octanol–water partition coefficient (Wildman–Crippen LogP) is 6.04. The van der Waals surface area contributed by atoms with Gasteiger partial charge in [0.25, 0.3) is 0 Å². The van der Waals surface area contributed by atoms with Crippen LogP contribution in [0.15, 0.2) is 42.6 Å². The van der Waals surface area contributed by atoms with Gasteiger partial charge in [-0.05, 0) is 47.5 Å². The topological polar surface area (TPSA) is 70.2 Å². The molecule has 11 heteroatoms. The molecule has 0 saturated heterocycles. The van der Waals surface area contributed by atoms with Crippen LogP contribution >= 0.6 is 0 Å². The lowest BCUT2D eigenvalue weighted by atomic mass is 9.90. The van der Waals surface area contributed by atoms with Crippen molar-refractivity contribution in [2.24, 2.45) is 5.73 Å². The maximum absolute atomic E-state index is 13.6. The van der Waals surface area contributed by atoms with Crippen molar-refractivity contribution in [2.45, 2.75) is 32.6 Å². The van der Waals surface area contributed by atoms with Crippen LogP contribution in [-0.4, -0.2) is 19.2 Å². The van der Waals surface area contributed by atoms with Crippen LogP contribution in [0, 0.1) is 11.2 Å². The van der Waals surface area contributed by atoms with E-state index in [9.17, 15) is 35.5 Å². The number of hydrogen-bond acceptors (Lipinski definition) is 3. The Morgan fingerprint density at radius 1 is 1.03 bits per heavy atom. The highest BCUT2D eigenvalue weighted by molar-refractivity contribution is 6.09. The normalized spacial score (nSPS) is 12.0. The van der Waals surface area contributed by atoms with Crippen LogP contribution in [-0.2, 0) is 23.6 Å². The number of allylic oxidation sites excluding steroid dienone is 1. The number of hydrogen-bond donors (Lipinski definition) is 2. The number of halogens is 7. The number of carbonyl (C=O) groups excluding carboxylic acids is 1. The van der Waals surface area contributed by atoms with Gasteiger partial charge in [0.15, 0.2) is 0 Å². The molecule has 4 nitrogen and oxygen atoms in total. The summed E-state index contributed by atoms with van der Waals surface area (Å²) >= 11 is 0. The molecule has 0 aromatic heterocycles. The molecule has 0 heterocycles. The van der Waals surface area contributed by atoms with E-state index in [0.29, 0.717) is 18.5 Å². The number of alkyl halides is 6. The lowest BCUT2D eigenvalue weighted by Crippen LogP contribution is -2.29. The van der Waals surface area contributed by atoms with E-state index in [1.165, 1.54) is 19.2 Å². The number of nitrogens with zero attached hydrogens (tertiary/aromatic N) is 1. The smallest absolute Gasteiger partial charge is 0.404 e. The van der Waals surface area contributed by atoms with Crippen LogP contribution in [0.25, 0.3) is 5.57 Å². The van der Waals surface area contributed by atoms with Crippen molar-refractivity contribution in [1.82, 2.24) is 0 Å². The standard InChI is InChI=1S/C20H16F7N3O.C2H6/c1-30(14-4-2-13(21)3-5-14)18(31)8-16-15(11(9-28)10-29)6-12(19(22,23)24)7-17(16)20(25,26)27;1-2/h2-7,9-10,28H,8,29H2,1H3;1-2H3/b11-10+,28-9?;. The van der Waals surface area contributed by atoms with Gasteiger partial charge in [-0.2, -0.15) is 26.3 Å². The lowest BCUT2D eigenvalue weighted by molar-refractivity contribution is -0.143. The molecule has 0 aliphatic carbocycles. The summed E-state index contributed by atoms with van der Waals surface area (Å²) in [6.45, 7) is 4.00. The fourth-order valence-corrected chi connectivity index (χ4v) is 2.83. The van der Waals surface area contributed by atoms with E-state index < -0.39 is 58.3 Å². The minimum atomic E-state index is -5.22.